The average molecular weight is 164 g/mol. The Labute approximate surface area is 72.0 Å². The van der Waals surface area contributed by atoms with Crippen LogP contribution in [0.3, 0.4) is 0 Å². The van der Waals surface area contributed by atoms with Gasteiger partial charge in [-0.05, 0) is 13.1 Å². The van der Waals surface area contributed by atoms with Crippen LogP contribution in [0.15, 0.2) is 18.5 Å². The zero-order chi connectivity index (χ0) is 8.39. The molecule has 1 aromatic rings. The zero-order valence-corrected chi connectivity index (χ0v) is 7.16. The zero-order valence-electron chi connectivity index (χ0n) is 7.16. The Hall–Kier alpha value is -1.09. The molecule has 0 unspecified atom stereocenters. The minimum absolute atomic E-state index is 0.771. The highest BCUT2D eigenvalue weighted by molar-refractivity contribution is 5.30. The molecule has 64 valence electrons. The Morgan fingerprint density at radius 3 is 3.42 bits per heavy atom. The molecule has 0 aromatic carbocycles. The van der Waals surface area contributed by atoms with Crippen molar-refractivity contribution in [3.05, 3.63) is 24.0 Å². The summed E-state index contributed by atoms with van der Waals surface area (Å²) in [6.45, 7) is 2.69. The first-order valence-corrected chi connectivity index (χ1v) is 4.10. The first kappa shape index (κ1) is 7.55. The quantitative estimate of drug-likeness (QED) is 0.569. The SMILES string of the molecule is CN1CCOc2ccncc2C1. The van der Waals surface area contributed by atoms with Gasteiger partial charge >= 0.3 is 0 Å². The van der Waals surface area contributed by atoms with Crippen molar-refractivity contribution in [1.82, 2.24) is 9.88 Å². The predicted octanol–water partition coefficient (Wildman–Crippen LogP) is 0.906. The van der Waals surface area contributed by atoms with Crippen LogP contribution < -0.4 is 4.74 Å². The van der Waals surface area contributed by atoms with E-state index in [4.69, 9.17) is 4.74 Å². The maximum absolute atomic E-state index is 5.54. The van der Waals surface area contributed by atoms with Gasteiger partial charge in [-0.2, -0.15) is 0 Å². The number of fused-ring (bicyclic) bond motifs is 1. The molecule has 1 aliphatic rings. The number of ether oxygens (including phenoxy) is 1. The fraction of sp³-hybridized carbons (Fsp3) is 0.444. The molecule has 0 saturated carbocycles. The van der Waals surface area contributed by atoms with E-state index < -0.39 is 0 Å². The van der Waals surface area contributed by atoms with E-state index in [2.05, 4.69) is 16.9 Å². The molecule has 3 heteroatoms. The predicted molar refractivity (Wildman–Crippen MR) is 46.1 cm³/mol. The van der Waals surface area contributed by atoms with Gasteiger partial charge in [-0.1, -0.05) is 0 Å². The molecule has 0 N–H and O–H groups in total. The van der Waals surface area contributed by atoms with Gasteiger partial charge in [0.1, 0.15) is 12.4 Å². The van der Waals surface area contributed by atoms with Crippen LogP contribution in [0.2, 0.25) is 0 Å². The standard InChI is InChI=1S/C9H12N2O/c1-11-4-5-12-9-2-3-10-6-8(9)7-11/h2-3,6H,4-5,7H2,1H3. The summed E-state index contributed by atoms with van der Waals surface area (Å²) in [4.78, 5) is 6.30. The third-order valence-corrected chi connectivity index (χ3v) is 2.03. The Bertz CT molecular complexity index is 275. The molecule has 0 bridgehead atoms. The highest BCUT2D eigenvalue weighted by Gasteiger charge is 2.10. The summed E-state index contributed by atoms with van der Waals surface area (Å²) in [6.07, 6.45) is 3.64. The van der Waals surface area contributed by atoms with Crippen molar-refractivity contribution in [3.63, 3.8) is 0 Å². The molecule has 0 radical (unpaired) electrons. The van der Waals surface area contributed by atoms with Crippen LogP contribution in [0.4, 0.5) is 0 Å². The summed E-state index contributed by atoms with van der Waals surface area (Å²) in [5.74, 6) is 0.981. The maximum Gasteiger partial charge on any atom is 0.126 e. The second-order valence-electron chi connectivity index (χ2n) is 3.07. The van der Waals surface area contributed by atoms with Crippen molar-refractivity contribution in [2.75, 3.05) is 20.2 Å². The topological polar surface area (TPSA) is 25.4 Å². The number of pyridine rings is 1. The highest BCUT2D eigenvalue weighted by Crippen LogP contribution is 2.20. The van der Waals surface area contributed by atoms with E-state index in [1.165, 1.54) is 5.56 Å². The van der Waals surface area contributed by atoms with Gasteiger partial charge in [0.25, 0.3) is 0 Å². The van der Waals surface area contributed by atoms with Crippen LogP contribution in [-0.2, 0) is 6.54 Å². The van der Waals surface area contributed by atoms with Crippen molar-refractivity contribution >= 4 is 0 Å². The summed E-state index contributed by atoms with van der Waals surface area (Å²) in [7, 11) is 2.09. The number of hydrogen-bond acceptors (Lipinski definition) is 3. The van der Waals surface area contributed by atoms with Crippen molar-refractivity contribution in [2.24, 2.45) is 0 Å². The molecular formula is C9H12N2O. The first-order chi connectivity index (χ1) is 5.86. The summed E-state index contributed by atoms with van der Waals surface area (Å²) < 4.78 is 5.54. The molecule has 1 aromatic heterocycles. The number of rotatable bonds is 0. The Kier molecular flexibility index (Phi) is 1.96. The lowest BCUT2D eigenvalue weighted by Crippen LogP contribution is -2.20. The van der Waals surface area contributed by atoms with Crippen molar-refractivity contribution < 1.29 is 4.74 Å². The third kappa shape index (κ3) is 1.41. The van der Waals surface area contributed by atoms with Gasteiger partial charge in [0.2, 0.25) is 0 Å². The van der Waals surface area contributed by atoms with E-state index in [0.717, 1.165) is 25.4 Å². The molecule has 0 spiro atoms. The van der Waals surface area contributed by atoms with Gasteiger partial charge in [-0.25, -0.2) is 0 Å². The Morgan fingerprint density at radius 2 is 2.50 bits per heavy atom. The summed E-state index contributed by atoms with van der Waals surface area (Å²) in [5.41, 5.74) is 1.18. The number of aromatic nitrogens is 1. The van der Waals surface area contributed by atoms with Gasteiger partial charge in [-0.15, -0.1) is 0 Å². The summed E-state index contributed by atoms with van der Waals surface area (Å²) in [5, 5.41) is 0. The van der Waals surface area contributed by atoms with E-state index in [0.29, 0.717) is 0 Å². The van der Waals surface area contributed by atoms with Crippen LogP contribution in [0.1, 0.15) is 5.56 Å². The lowest BCUT2D eigenvalue weighted by molar-refractivity contribution is 0.259. The molecule has 1 aliphatic heterocycles. The molecule has 3 nitrogen and oxygen atoms in total. The molecule has 0 amide bonds. The molecular weight excluding hydrogens is 152 g/mol. The van der Waals surface area contributed by atoms with E-state index in [1.807, 2.05) is 12.3 Å². The minimum Gasteiger partial charge on any atom is -0.492 e. The second-order valence-corrected chi connectivity index (χ2v) is 3.07. The summed E-state index contributed by atoms with van der Waals surface area (Å²) >= 11 is 0. The van der Waals surface area contributed by atoms with Crippen LogP contribution in [0.5, 0.6) is 5.75 Å². The molecule has 0 fully saturated rings. The monoisotopic (exact) mass is 164 g/mol. The molecule has 2 rings (SSSR count). The average Bonchev–Trinajstić information content (AvgIpc) is 2.25. The first-order valence-electron chi connectivity index (χ1n) is 4.10. The van der Waals surface area contributed by atoms with Gasteiger partial charge in [0, 0.05) is 31.0 Å². The lowest BCUT2D eigenvalue weighted by atomic mass is 10.2. The Morgan fingerprint density at radius 1 is 1.58 bits per heavy atom. The second kappa shape index (κ2) is 3.11. The van der Waals surface area contributed by atoms with E-state index in [1.54, 1.807) is 6.20 Å². The smallest absolute Gasteiger partial charge is 0.126 e. The van der Waals surface area contributed by atoms with Crippen molar-refractivity contribution in [2.45, 2.75) is 6.54 Å². The molecule has 0 saturated heterocycles. The van der Waals surface area contributed by atoms with Crippen LogP contribution in [0.25, 0.3) is 0 Å². The number of hydrogen-bond donors (Lipinski definition) is 0. The molecule has 0 aliphatic carbocycles. The van der Waals surface area contributed by atoms with Crippen LogP contribution >= 0.6 is 0 Å². The minimum atomic E-state index is 0.771. The van der Waals surface area contributed by atoms with Gasteiger partial charge < -0.3 is 4.74 Å². The van der Waals surface area contributed by atoms with E-state index in [9.17, 15) is 0 Å². The normalized spacial score (nSPS) is 17.8. The summed E-state index contributed by atoms with van der Waals surface area (Å²) in [6, 6.07) is 1.93. The van der Waals surface area contributed by atoms with Gasteiger partial charge in [0.15, 0.2) is 0 Å². The molecule has 2 heterocycles. The van der Waals surface area contributed by atoms with Crippen molar-refractivity contribution in [1.29, 1.82) is 0 Å². The molecule has 12 heavy (non-hydrogen) atoms. The fourth-order valence-electron chi connectivity index (χ4n) is 1.36. The van der Waals surface area contributed by atoms with Crippen LogP contribution in [0, 0.1) is 0 Å². The number of likely N-dealkylation sites (N-methyl/N-ethyl adjacent to an activating group) is 1. The van der Waals surface area contributed by atoms with E-state index in [-0.39, 0.29) is 0 Å². The highest BCUT2D eigenvalue weighted by atomic mass is 16.5. The van der Waals surface area contributed by atoms with E-state index >= 15 is 0 Å². The van der Waals surface area contributed by atoms with Gasteiger partial charge in [-0.3, -0.25) is 9.88 Å². The fourth-order valence-corrected chi connectivity index (χ4v) is 1.36. The number of nitrogens with zero attached hydrogens (tertiary/aromatic N) is 2. The molecule has 0 atom stereocenters. The van der Waals surface area contributed by atoms with Gasteiger partial charge in [0.05, 0.1) is 0 Å². The largest absolute Gasteiger partial charge is 0.492 e. The third-order valence-electron chi connectivity index (χ3n) is 2.03. The maximum atomic E-state index is 5.54. The van der Waals surface area contributed by atoms with Crippen molar-refractivity contribution in [3.8, 4) is 5.75 Å². The lowest BCUT2D eigenvalue weighted by Gasteiger charge is -2.10. The van der Waals surface area contributed by atoms with Crippen LogP contribution in [-0.4, -0.2) is 30.1 Å². The Balaban J connectivity index is 2.31.